The number of aromatic nitrogens is 3. The Morgan fingerprint density at radius 3 is 3.07 bits per heavy atom. The van der Waals surface area contributed by atoms with Gasteiger partial charge in [0.2, 0.25) is 24.3 Å². The van der Waals surface area contributed by atoms with Gasteiger partial charge in [-0.25, -0.2) is 9.13 Å². The van der Waals surface area contributed by atoms with E-state index in [9.17, 15) is 0 Å². The molecular formula is C11H11N3+2. The number of hydrogen-bond acceptors (Lipinski definition) is 0. The molecule has 2 aromatic heterocycles. The van der Waals surface area contributed by atoms with Crippen LogP contribution in [0.25, 0.3) is 11.4 Å². The highest BCUT2D eigenvalue weighted by Gasteiger charge is 2.44. The molecule has 2 aromatic rings. The Balaban J connectivity index is 2.21. The summed E-state index contributed by atoms with van der Waals surface area (Å²) in [5, 5.41) is 0. The Morgan fingerprint density at radius 1 is 1.21 bits per heavy atom. The van der Waals surface area contributed by atoms with Gasteiger partial charge in [0.25, 0.3) is 5.69 Å². The molecule has 0 bridgehead atoms. The van der Waals surface area contributed by atoms with Crippen LogP contribution in [-0.2, 0) is 20.1 Å². The molecule has 2 aliphatic rings. The van der Waals surface area contributed by atoms with Crippen molar-refractivity contribution in [3.8, 4) is 11.4 Å². The van der Waals surface area contributed by atoms with Gasteiger partial charge >= 0.3 is 0 Å². The van der Waals surface area contributed by atoms with Crippen molar-refractivity contribution in [2.24, 2.45) is 7.05 Å². The minimum absolute atomic E-state index is 1.03. The molecule has 2 aliphatic heterocycles. The normalized spacial score (nSPS) is 14.9. The van der Waals surface area contributed by atoms with Crippen LogP contribution in [0.1, 0.15) is 11.3 Å². The zero-order valence-electron chi connectivity index (χ0n) is 8.07. The maximum absolute atomic E-state index is 2.35. The molecule has 0 saturated carbocycles. The summed E-state index contributed by atoms with van der Waals surface area (Å²) in [5.74, 6) is 0. The summed E-state index contributed by atoms with van der Waals surface area (Å²) in [6.07, 6.45) is 4.38. The van der Waals surface area contributed by atoms with E-state index in [1.54, 1.807) is 0 Å². The van der Waals surface area contributed by atoms with Gasteiger partial charge in [0, 0.05) is 6.07 Å². The van der Waals surface area contributed by atoms with Crippen LogP contribution in [0.4, 0.5) is 0 Å². The molecule has 0 radical (unpaired) electrons. The molecule has 0 amide bonds. The minimum atomic E-state index is 1.03. The lowest BCUT2D eigenvalue weighted by Crippen LogP contribution is -2.32. The van der Waals surface area contributed by atoms with Crippen LogP contribution >= 0.6 is 0 Å². The summed E-state index contributed by atoms with van der Waals surface area (Å²) >= 11 is 0. The number of imidazole rings is 1. The summed E-state index contributed by atoms with van der Waals surface area (Å²) in [6, 6.07) is 4.38. The van der Waals surface area contributed by atoms with Crippen LogP contribution < -0.4 is 9.13 Å². The summed E-state index contributed by atoms with van der Waals surface area (Å²) in [7, 11) is 2.13. The quantitative estimate of drug-likeness (QED) is 0.342. The Kier molecular flexibility index (Phi) is 0.916. The molecule has 0 N–H and O–H groups in total. The number of rotatable bonds is 0. The lowest BCUT2D eigenvalue weighted by molar-refractivity contribution is -0.683. The van der Waals surface area contributed by atoms with E-state index in [-0.39, 0.29) is 0 Å². The van der Waals surface area contributed by atoms with E-state index in [0.717, 1.165) is 13.1 Å². The fourth-order valence-corrected chi connectivity index (χ4v) is 2.74. The zero-order chi connectivity index (χ0) is 9.28. The van der Waals surface area contributed by atoms with Crippen molar-refractivity contribution in [1.29, 1.82) is 0 Å². The fourth-order valence-electron chi connectivity index (χ4n) is 2.74. The van der Waals surface area contributed by atoms with Gasteiger partial charge in [-0.1, -0.05) is 0 Å². The van der Waals surface area contributed by atoms with E-state index in [1.807, 2.05) is 0 Å². The standard InChI is InChI=1S/C11H11N3/c1-12-7-14-5-8-3-2-4-13-6-9(12)11(14)10(8)13/h2-4,7H,5-6H2,1H3/q+2. The highest BCUT2D eigenvalue weighted by molar-refractivity contribution is 5.59. The first-order chi connectivity index (χ1) is 6.84. The van der Waals surface area contributed by atoms with Crippen LogP contribution in [0, 0.1) is 0 Å². The smallest absolute Gasteiger partial charge is 0.230 e. The van der Waals surface area contributed by atoms with Gasteiger partial charge in [0.05, 0.1) is 12.6 Å². The second-order valence-corrected chi connectivity index (χ2v) is 4.16. The largest absolute Gasteiger partial charge is 0.264 e. The van der Waals surface area contributed by atoms with Crippen molar-refractivity contribution in [3.63, 3.8) is 0 Å². The summed E-state index contributed by atoms with van der Waals surface area (Å²) < 4.78 is 6.94. The van der Waals surface area contributed by atoms with Crippen LogP contribution in [0.5, 0.6) is 0 Å². The molecule has 0 aromatic carbocycles. The monoisotopic (exact) mass is 185 g/mol. The van der Waals surface area contributed by atoms with Gasteiger partial charge in [0.1, 0.15) is 6.54 Å². The van der Waals surface area contributed by atoms with Crippen molar-refractivity contribution in [3.05, 3.63) is 35.9 Å². The van der Waals surface area contributed by atoms with Gasteiger partial charge in [-0.15, -0.1) is 0 Å². The Labute approximate surface area is 81.9 Å². The molecular weight excluding hydrogens is 174 g/mol. The van der Waals surface area contributed by atoms with Crippen molar-refractivity contribution in [2.45, 2.75) is 13.1 Å². The minimum Gasteiger partial charge on any atom is -0.230 e. The molecule has 68 valence electrons. The number of aryl methyl sites for hydroxylation is 1. The number of hydrogen-bond donors (Lipinski definition) is 0. The number of pyridine rings is 1. The summed E-state index contributed by atoms with van der Waals surface area (Å²) in [6.45, 7) is 2.07. The summed E-state index contributed by atoms with van der Waals surface area (Å²) in [5.41, 5.74) is 5.77. The molecule has 0 spiro atoms. The zero-order valence-corrected chi connectivity index (χ0v) is 8.07. The topological polar surface area (TPSA) is 12.7 Å². The van der Waals surface area contributed by atoms with E-state index in [0.29, 0.717) is 0 Å². The lowest BCUT2D eigenvalue weighted by atomic mass is 10.2. The third-order valence-corrected chi connectivity index (χ3v) is 3.34. The highest BCUT2D eigenvalue weighted by Crippen LogP contribution is 2.30. The van der Waals surface area contributed by atoms with E-state index < -0.39 is 0 Å². The van der Waals surface area contributed by atoms with E-state index in [4.69, 9.17) is 0 Å². The molecule has 14 heavy (non-hydrogen) atoms. The Hall–Kier alpha value is -1.64. The maximum atomic E-state index is 2.35. The predicted molar refractivity (Wildman–Crippen MR) is 49.4 cm³/mol. The Bertz CT molecular complexity index is 566. The van der Waals surface area contributed by atoms with Gasteiger partial charge in [-0.2, -0.15) is 4.57 Å². The second kappa shape index (κ2) is 1.90. The number of nitrogens with zero attached hydrogens (tertiary/aromatic N) is 3. The second-order valence-electron chi connectivity index (χ2n) is 4.16. The third kappa shape index (κ3) is 0.557. The van der Waals surface area contributed by atoms with E-state index >= 15 is 0 Å². The SMILES string of the molecule is Cn1c[n+]2c3c1C[n+]1cccc(c1-3)C2. The first-order valence-electron chi connectivity index (χ1n) is 4.94. The van der Waals surface area contributed by atoms with Crippen LogP contribution in [0.3, 0.4) is 0 Å². The van der Waals surface area contributed by atoms with Crippen LogP contribution in [0.2, 0.25) is 0 Å². The van der Waals surface area contributed by atoms with Gasteiger partial charge in [0.15, 0.2) is 6.20 Å². The molecule has 4 rings (SSSR count). The maximum Gasteiger partial charge on any atom is 0.264 e. The van der Waals surface area contributed by atoms with Crippen molar-refractivity contribution >= 4 is 0 Å². The van der Waals surface area contributed by atoms with E-state index in [1.165, 1.54) is 22.6 Å². The molecule has 0 fully saturated rings. The highest BCUT2D eigenvalue weighted by atomic mass is 15.2. The van der Waals surface area contributed by atoms with Crippen molar-refractivity contribution < 1.29 is 9.13 Å². The van der Waals surface area contributed by atoms with Gasteiger partial charge in [-0.05, 0) is 6.07 Å². The van der Waals surface area contributed by atoms with Crippen molar-refractivity contribution in [1.82, 2.24) is 4.57 Å². The molecule has 0 saturated heterocycles. The average Bonchev–Trinajstić information content (AvgIpc) is 2.77. The predicted octanol–water partition coefficient (Wildman–Crippen LogP) is -0.00950. The lowest BCUT2D eigenvalue weighted by Gasteiger charge is -1.90. The molecule has 3 heteroatoms. The van der Waals surface area contributed by atoms with Crippen LogP contribution in [0.15, 0.2) is 24.7 Å². The Morgan fingerprint density at radius 2 is 2.14 bits per heavy atom. The van der Waals surface area contributed by atoms with Crippen molar-refractivity contribution in [2.75, 3.05) is 0 Å². The van der Waals surface area contributed by atoms with Gasteiger partial charge in [-0.3, -0.25) is 0 Å². The van der Waals surface area contributed by atoms with E-state index in [2.05, 4.69) is 45.4 Å². The first-order valence-corrected chi connectivity index (χ1v) is 4.94. The summed E-state index contributed by atoms with van der Waals surface area (Å²) in [4.78, 5) is 0. The molecule has 3 nitrogen and oxygen atoms in total. The molecule has 4 heterocycles. The molecule has 0 aliphatic carbocycles. The van der Waals surface area contributed by atoms with Gasteiger partial charge < -0.3 is 0 Å². The van der Waals surface area contributed by atoms with Crippen LogP contribution in [-0.4, -0.2) is 4.57 Å². The molecule has 0 atom stereocenters. The third-order valence-electron chi connectivity index (χ3n) is 3.34. The first kappa shape index (κ1) is 6.76. The fraction of sp³-hybridized carbons (Fsp3) is 0.273. The average molecular weight is 185 g/mol. The molecule has 0 unspecified atom stereocenters.